The van der Waals surface area contributed by atoms with Crippen molar-refractivity contribution in [3.8, 4) is 17.2 Å². The summed E-state index contributed by atoms with van der Waals surface area (Å²) in [5.41, 5.74) is 2.87. The Balaban J connectivity index is 1.69. The molecule has 4 nitrogen and oxygen atoms in total. The Morgan fingerprint density at radius 3 is 2.46 bits per heavy atom. The number of hydrogen-bond donors (Lipinski definition) is 1. The number of aromatic nitrogens is 1. The summed E-state index contributed by atoms with van der Waals surface area (Å²) < 4.78 is 5.78. The van der Waals surface area contributed by atoms with Gasteiger partial charge in [0.25, 0.3) is 0 Å². The molecule has 0 radical (unpaired) electrons. The summed E-state index contributed by atoms with van der Waals surface area (Å²) in [5, 5.41) is 11.6. The number of aliphatic imine (C=N–C) groups is 1. The van der Waals surface area contributed by atoms with Gasteiger partial charge >= 0.3 is 0 Å². The molecular formula is C20H10Cl4N2O2. The second-order valence-corrected chi connectivity index (χ2v) is 7.57. The van der Waals surface area contributed by atoms with Gasteiger partial charge in [0.1, 0.15) is 11.3 Å². The van der Waals surface area contributed by atoms with E-state index in [9.17, 15) is 5.11 Å². The maximum absolute atomic E-state index is 10.0. The molecule has 4 aromatic rings. The van der Waals surface area contributed by atoms with E-state index in [-0.39, 0.29) is 10.8 Å². The highest BCUT2D eigenvalue weighted by Crippen LogP contribution is 2.33. The summed E-state index contributed by atoms with van der Waals surface area (Å²) in [6.07, 6.45) is 1.48. The molecule has 0 unspecified atom stereocenters. The quantitative estimate of drug-likeness (QED) is 0.327. The highest BCUT2D eigenvalue weighted by atomic mass is 35.5. The highest BCUT2D eigenvalue weighted by Gasteiger charge is 2.12. The molecule has 0 aliphatic carbocycles. The van der Waals surface area contributed by atoms with Crippen LogP contribution in [0.1, 0.15) is 5.56 Å². The molecule has 140 valence electrons. The molecule has 28 heavy (non-hydrogen) atoms. The summed E-state index contributed by atoms with van der Waals surface area (Å²) in [6.45, 7) is 0. The summed E-state index contributed by atoms with van der Waals surface area (Å²) in [7, 11) is 0. The van der Waals surface area contributed by atoms with E-state index >= 15 is 0 Å². The Hall–Kier alpha value is -2.24. The van der Waals surface area contributed by atoms with Gasteiger partial charge in [-0.3, -0.25) is 4.99 Å². The minimum atomic E-state index is -0.0861. The van der Waals surface area contributed by atoms with Crippen molar-refractivity contribution in [3.05, 3.63) is 74.2 Å². The Bertz CT molecular complexity index is 1230. The molecule has 0 saturated carbocycles. The van der Waals surface area contributed by atoms with E-state index in [1.165, 1.54) is 12.3 Å². The standard InChI is InChI=1S/C20H10Cl4N2O2/c21-11-1-3-14(15(23)6-11)20-26-17-8-13(2-4-18(17)28-20)25-9-10-5-12(22)7-16(24)19(10)27/h1-9,27H. The van der Waals surface area contributed by atoms with Crippen LogP contribution >= 0.6 is 46.4 Å². The number of hydrogen-bond acceptors (Lipinski definition) is 4. The second-order valence-electron chi connectivity index (χ2n) is 5.88. The Morgan fingerprint density at radius 1 is 0.893 bits per heavy atom. The first-order chi connectivity index (χ1) is 13.4. The van der Waals surface area contributed by atoms with Crippen LogP contribution in [0.2, 0.25) is 20.1 Å². The molecule has 1 aromatic heterocycles. The molecule has 4 rings (SSSR count). The first-order valence-electron chi connectivity index (χ1n) is 7.99. The molecule has 0 bridgehead atoms. The summed E-state index contributed by atoms with van der Waals surface area (Å²) in [4.78, 5) is 8.83. The summed E-state index contributed by atoms with van der Waals surface area (Å²) >= 11 is 24.1. The molecule has 0 aliphatic rings. The molecule has 0 spiro atoms. The number of phenolic OH excluding ortho intramolecular Hbond substituents is 1. The number of aromatic hydroxyl groups is 1. The van der Waals surface area contributed by atoms with Crippen molar-refractivity contribution in [1.82, 2.24) is 4.98 Å². The van der Waals surface area contributed by atoms with Crippen LogP contribution in [0.15, 0.2) is 57.9 Å². The first kappa shape index (κ1) is 19.1. The van der Waals surface area contributed by atoms with Gasteiger partial charge in [0.15, 0.2) is 5.58 Å². The van der Waals surface area contributed by atoms with Gasteiger partial charge in [-0.15, -0.1) is 0 Å². The largest absolute Gasteiger partial charge is 0.506 e. The molecule has 0 aliphatic heterocycles. The zero-order valence-corrected chi connectivity index (χ0v) is 17.0. The molecule has 3 aromatic carbocycles. The van der Waals surface area contributed by atoms with E-state index in [2.05, 4.69) is 9.98 Å². The number of halogens is 4. The Labute approximate surface area is 180 Å². The average molecular weight is 452 g/mol. The fourth-order valence-electron chi connectivity index (χ4n) is 2.60. The van der Waals surface area contributed by atoms with Gasteiger partial charge in [0, 0.05) is 21.8 Å². The second kappa shape index (κ2) is 7.64. The van der Waals surface area contributed by atoms with E-state index in [0.29, 0.717) is 48.9 Å². The third kappa shape index (κ3) is 3.82. The fraction of sp³-hybridized carbons (Fsp3) is 0. The van der Waals surface area contributed by atoms with Gasteiger partial charge in [-0.05, 0) is 48.5 Å². The molecule has 0 atom stereocenters. The fourth-order valence-corrected chi connectivity index (χ4v) is 3.60. The maximum atomic E-state index is 10.0. The van der Waals surface area contributed by atoms with Gasteiger partial charge in [-0.2, -0.15) is 0 Å². The van der Waals surface area contributed by atoms with Crippen LogP contribution in [0.5, 0.6) is 5.75 Å². The van der Waals surface area contributed by atoms with Gasteiger partial charge in [0.05, 0.1) is 21.3 Å². The first-order valence-corrected chi connectivity index (χ1v) is 9.50. The number of nitrogens with zero attached hydrogens (tertiary/aromatic N) is 2. The topological polar surface area (TPSA) is 58.6 Å². The number of phenols is 1. The van der Waals surface area contributed by atoms with Gasteiger partial charge in [-0.1, -0.05) is 46.4 Å². The molecule has 8 heteroatoms. The van der Waals surface area contributed by atoms with Crippen LogP contribution in [0.25, 0.3) is 22.6 Å². The van der Waals surface area contributed by atoms with Crippen molar-refractivity contribution in [2.45, 2.75) is 0 Å². The zero-order valence-electron chi connectivity index (χ0n) is 14.0. The van der Waals surface area contributed by atoms with Crippen LogP contribution in [0, 0.1) is 0 Å². The molecule has 0 saturated heterocycles. The smallest absolute Gasteiger partial charge is 0.228 e. The number of benzene rings is 3. The number of rotatable bonds is 3. The number of oxazole rings is 1. The maximum Gasteiger partial charge on any atom is 0.228 e. The van der Waals surface area contributed by atoms with Crippen LogP contribution in [-0.2, 0) is 0 Å². The molecular weight excluding hydrogens is 442 g/mol. The predicted molar refractivity (Wildman–Crippen MR) is 115 cm³/mol. The lowest BCUT2D eigenvalue weighted by Gasteiger charge is -2.02. The lowest BCUT2D eigenvalue weighted by molar-refractivity contribution is 0.475. The van der Waals surface area contributed by atoms with E-state index < -0.39 is 0 Å². The third-order valence-electron chi connectivity index (χ3n) is 3.94. The lowest BCUT2D eigenvalue weighted by atomic mass is 10.2. The van der Waals surface area contributed by atoms with Crippen LogP contribution in [-0.4, -0.2) is 16.3 Å². The van der Waals surface area contributed by atoms with Crippen molar-refractivity contribution < 1.29 is 9.52 Å². The van der Waals surface area contributed by atoms with Crippen molar-refractivity contribution in [1.29, 1.82) is 0 Å². The van der Waals surface area contributed by atoms with Crippen LogP contribution in [0.3, 0.4) is 0 Å². The van der Waals surface area contributed by atoms with E-state index in [1.54, 1.807) is 42.5 Å². The van der Waals surface area contributed by atoms with Crippen LogP contribution in [0.4, 0.5) is 5.69 Å². The van der Waals surface area contributed by atoms with E-state index in [0.717, 1.165) is 0 Å². The van der Waals surface area contributed by atoms with Crippen LogP contribution < -0.4 is 0 Å². The Morgan fingerprint density at radius 2 is 1.68 bits per heavy atom. The van der Waals surface area contributed by atoms with Crippen molar-refractivity contribution in [3.63, 3.8) is 0 Å². The predicted octanol–water partition coefficient (Wildman–Crippen LogP) is 7.56. The summed E-state index contributed by atoms with van der Waals surface area (Å²) in [6, 6.07) is 13.4. The minimum absolute atomic E-state index is 0.0861. The minimum Gasteiger partial charge on any atom is -0.506 e. The monoisotopic (exact) mass is 450 g/mol. The van der Waals surface area contributed by atoms with E-state index in [4.69, 9.17) is 50.8 Å². The van der Waals surface area contributed by atoms with Crippen molar-refractivity contribution in [2.24, 2.45) is 4.99 Å². The van der Waals surface area contributed by atoms with Gasteiger partial charge in [-0.25, -0.2) is 4.98 Å². The Kier molecular flexibility index (Phi) is 5.21. The molecule has 1 N–H and O–H groups in total. The molecule has 0 fully saturated rings. The molecule has 1 heterocycles. The zero-order chi connectivity index (χ0) is 19.8. The highest BCUT2D eigenvalue weighted by molar-refractivity contribution is 6.36. The normalized spacial score (nSPS) is 11.6. The SMILES string of the molecule is Oc1c(Cl)cc(Cl)cc1C=Nc1ccc2oc(-c3ccc(Cl)cc3Cl)nc2c1. The molecule has 0 amide bonds. The lowest BCUT2D eigenvalue weighted by Crippen LogP contribution is -1.84. The van der Waals surface area contributed by atoms with Crippen molar-refractivity contribution in [2.75, 3.05) is 0 Å². The van der Waals surface area contributed by atoms with Gasteiger partial charge < -0.3 is 9.52 Å². The average Bonchev–Trinajstić information content (AvgIpc) is 3.06. The summed E-state index contributed by atoms with van der Waals surface area (Å²) in [5.74, 6) is 0.300. The van der Waals surface area contributed by atoms with Crippen molar-refractivity contribution >= 4 is 69.4 Å². The number of fused-ring (bicyclic) bond motifs is 1. The van der Waals surface area contributed by atoms with E-state index in [1.807, 2.05) is 0 Å². The van der Waals surface area contributed by atoms with Gasteiger partial charge in [0.2, 0.25) is 5.89 Å². The third-order valence-corrected chi connectivity index (χ3v) is 5.00.